The summed E-state index contributed by atoms with van der Waals surface area (Å²) in [5.41, 5.74) is 1.66. The molecule has 0 amide bonds. The van der Waals surface area contributed by atoms with Crippen molar-refractivity contribution in [2.45, 2.75) is 58.0 Å². The number of aliphatic hydroxyl groups is 1. The van der Waals surface area contributed by atoms with Gasteiger partial charge in [0.1, 0.15) is 0 Å². The van der Waals surface area contributed by atoms with Gasteiger partial charge >= 0.3 is 0 Å². The molecule has 1 atom stereocenters. The first-order valence-electron chi connectivity index (χ1n) is 5.85. The normalized spacial score (nSPS) is 21.5. The summed E-state index contributed by atoms with van der Waals surface area (Å²) in [6, 6.07) is 2.33. The van der Waals surface area contributed by atoms with Crippen molar-refractivity contribution < 1.29 is 5.11 Å². The van der Waals surface area contributed by atoms with E-state index in [0.29, 0.717) is 0 Å². The van der Waals surface area contributed by atoms with E-state index in [1.165, 1.54) is 15.3 Å². The van der Waals surface area contributed by atoms with Crippen molar-refractivity contribution in [3.63, 3.8) is 0 Å². The van der Waals surface area contributed by atoms with E-state index in [1.54, 1.807) is 0 Å². The highest BCUT2D eigenvalue weighted by Crippen LogP contribution is 2.41. The molecule has 0 aliphatic heterocycles. The molecular weight excluding hydrogens is 204 g/mol. The number of rotatable bonds is 2. The topological polar surface area (TPSA) is 20.2 Å². The van der Waals surface area contributed by atoms with Crippen molar-refractivity contribution in [1.82, 2.24) is 0 Å². The van der Waals surface area contributed by atoms with Crippen LogP contribution in [0.3, 0.4) is 0 Å². The molecule has 0 saturated carbocycles. The second-order valence-electron chi connectivity index (χ2n) is 5.15. The smallest absolute Gasteiger partial charge is 0.0885 e. The summed E-state index contributed by atoms with van der Waals surface area (Å²) < 4.78 is 0. The number of aryl methyl sites for hydroxylation is 1. The van der Waals surface area contributed by atoms with E-state index in [1.807, 2.05) is 11.3 Å². The van der Waals surface area contributed by atoms with E-state index in [4.69, 9.17) is 0 Å². The van der Waals surface area contributed by atoms with Crippen molar-refractivity contribution in [2.75, 3.05) is 0 Å². The molecule has 84 valence electrons. The van der Waals surface area contributed by atoms with Crippen LogP contribution in [0.5, 0.6) is 0 Å². The van der Waals surface area contributed by atoms with Crippen LogP contribution in [0.25, 0.3) is 0 Å². The van der Waals surface area contributed by atoms with Gasteiger partial charge in [-0.1, -0.05) is 20.8 Å². The minimum Gasteiger partial charge on any atom is -0.388 e. The van der Waals surface area contributed by atoms with E-state index >= 15 is 0 Å². The van der Waals surface area contributed by atoms with Gasteiger partial charge in [0.15, 0.2) is 0 Å². The van der Waals surface area contributed by atoms with Crippen LogP contribution in [0.2, 0.25) is 0 Å². The highest BCUT2D eigenvalue weighted by molar-refractivity contribution is 7.12. The molecular formula is C13H20OS. The highest BCUT2D eigenvalue weighted by Gasteiger charge is 2.26. The highest BCUT2D eigenvalue weighted by atomic mass is 32.1. The second kappa shape index (κ2) is 3.91. The van der Waals surface area contributed by atoms with Gasteiger partial charge in [0, 0.05) is 9.75 Å². The van der Waals surface area contributed by atoms with Crippen LogP contribution >= 0.6 is 11.3 Å². The van der Waals surface area contributed by atoms with Gasteiger partial charge < -0.3 is 5.11 Å². The van der Waals surface area contributed by atoms with Crippen LogP contribution in [0, 0.1) is 0 Å². The first-order chi connectivity index (χ1) is 7.04. The van der Waals surface area contributed by atoms with Crippen LogP contribution in [-0.4, -0.2) is 5.11 Å². The van der Waals surface area contributed by atoms with Gasteiger partial charge in [0.25, 0.3) is 0 Å². The van der Waals surface area contributed by atoms with Gasteiger partial charge in [-0.2, -0.15) is 0 Å². The van der Waals surface area contributed by atoms with Crippen molar-refractivity contribution in [3.05, 3.63) is 21.4 Å². The maximum Gasteiger partial charge on any atom is 0.0885 e. The fourth-order valence-electron chi connectivity index (χ4n) is 2.04. The molecule has 1 aromatic rings. The van der Waals surface area contributed by atoms with E-state index in [9.17, 15) is 5.11 Å². The van der Waals surface area contributed by atoms with Gasteiger partial charge in [-0.25, -0.2) is 0 Å². The third-order valence-electron chi connectivity index (χ3n) is 3.62. The standard InChI is InChI=1S/C13H20OS/c1-4-13(2,3)11-8-9-6-5-7-10(14)12(9)15-11/h8,10,14H,4-7H2,1-3H3. The summed E-state index contributed by atoms with van der Waals surface area (Å²) in [4.78, 5) is 2.67. The summed E-state index contributed by atoms with van der Waals surface area (Å²) in [6.45, 7) is 6.81. The quantitative estimate of drug-likeness (QED) is 0.810. The van der Waals surface area contributed by atoms with Crippen LogP contribution in [0.1, 0.15) is 61.5 Å². The van der Waals surface area contributed by atoms with Crippen LogP contribution in [0.15, 0.2) is 6.07 Å². The van der Waals surface area contributed by atoms with Gasteiger partial charge in [-0.05, 0) is 42.7 Å². The molecule has 2 heteroatoms. The molecule has 0 spiro atoms. The molecule has 1 aliphatic rings. The predicted molar refractivity (Wildman–Crippen MR) is 65.5 cm³/mol. The Bertz CT molecular complexity index is 351. The molecule has 1 aliphatic carbocycles. The minimum atomic E-state index is -0.194. The van der Waals surface area contributed by atoms with Gasteiger partial charge in [-0.3, -0.25) is 0 Å². The number of aliphatic hydroxyl groups excluding tert-OH is 1. The average molecular weight is 224 g/mol. The Morgan fingerprint density at radius 3 is 2.87 bits per heavy atom. The predicted octanol–water partition coefficient (Wildman–Crippen LogP) is 3.81. The lowest BCUT2D eigenvalue weighted by molar-refractivity contribution is 0.161. The molecule has 0 radical (unpaired) electrons. The first-order valence-corrected chi connectivity index (χ1v) is 6.67. The number of fused-ring (bicyclic) bond motifs is 1. The number of hydrogen-bond donors (Lipinski definition) is 1. The Kier molecular flexibility index (Phi) is 2.91. The fraction of sp³-hybridized carbons (Fsp3) is 0.692. The van der Waals surface area contributed by atoms with Gasteiger partial charge in [0.05, 0.1) is 6.10 Å². The van der Waals surface area contributed by atoms with E-state index in [-0.39, 0.29) is 11.5 Å². The molecule has 1 unspecified atom stereocenters. The lowest BCUT2D eigenvalue weighted by Gasteiger charge is -2.20. The van der Waals surface area contributed by atoms with Gasteiger partial charge in [0.2, 0.25) is 0 Å². The molecule has 1 heterocycles. The van der Waals surface area contributed by atoms with Crippen molar-refractivity contribution >= 4 is 11.3 Å². The largest absolute Gasteiger partial charge is 0.388 e. The summed E-state index contributed by atoms with van der Waals surface area (Å²) >= 11 is 1.82. The molecule has 1 N–H and O–H groups in total. The minimum absolute atomic E-state index is 0.194. The summed E-state index contributed by atoms with van der Waals surface area (Å²) in [5, 5.41) is 9.92. The summed E-state index contributed by atoms with van der Waals surface area (Å²) in [7, 11) is 0. The summed E-state index contributed by atoms with van der Waals surface area (Å²) in [6.07, 6.45) is 4.20. The molecule has 0 bridgehead atoms. The Balaban J connectivity index is 2.37. The zero-order valence-electron chi connectivity index (χ0n) is 9.84. The number of hydrogen-bond acceptors (Lipinski definition) is 2. The Labute approximate surface area is 96.1 Å². The first kappa shape index (κ1) is 11.2. The Morgan fingerprint density at radius 2 is 2.27 bits per heavy atom. The third kappa shape index (κ3) is 1.98. The lowest BCUT2D eigenvalue weighted by atomic mass is 9.87. The molecule has 0 aromatic carbocycles. The van der Waals surface area contributed by atoms with Crippen molar-refractivity contribution in [2.24, 2.45) is 0 Å². The Hall–Kier alpha value is -0.340. The van der Waals surface area contributed by atoms with Crippen LogP contribution < -0.4 is 0 Å². The maximum atomic E-state index is 9.92. The molecule has 1 nitrogen and oxygen atoms in total. The molecule has 2 rings (SSSR count). The zero-order chi connectivity index (χ0) is 11.1. The van der Waals surface area contributed by atoms with E-state index < -0.39 is 0 Å². The molecule has 0 fully saturated rings. The average Bonchev–Trinajstić information content (AvgIpc) is 2.64. The zero-order valence-corrected chi connectivity index (χ0v) is 10.7. The van der Waals surface area contributed by atoms with E-state index in [0.717, 1.165) is 25.7 Å². The third-order valence-corrected chi connectivity index (χ3v) is 5.26. The van der Waals surface area contributed by atoms with Crippen LogP contribution in [-0.2, 0) is 11.8 Å². The van der Waals surface area contributed by atoms with Crippen molar-refractivity contribution in [3.8, 4) is 0 Å². The van der Waals surface area contributed by atoms with Crippen molar-refractivity contribution in [1.29, 1.82) is 0 Å². The SMILES string of the molecule is CCC(C)(C)c1cc2c(s1)C(O)CCC2. The summed E-state index contributed by atoms with van der Waals surface area (Å²) in [5.74, 6) is 0. The molecule has 1 aromatic heterocycles. The maximum absolute atomic E-state index is 9.92. The molecule has 0 saturated heterocycles. The second-order valence-corrected chi connectivity index (χ2v) is 6.23. The lowest BCUT2D eigenvalue weighted by Crippen LogP contribution is -2.12. The van der Waals surface area contributed by atoms with Gasteiger partial charge in [-0.15, -0.1) is 11.3 Å². The molecule has 15 heavy (non-hydrogen) atoms. The Morgan fingerprint density at radius 1 is 1.53 bits per heavy atom. The number of thiophene rings is 1. The van der Waals surface area contributed by atoms with E-state index in [2.05, 4.69) is 26.8 Å². The van der Waals surface area contributed by atoms with Crippen LogP contribution in [0.4, 0.5) is 0 Å². The fourth-order valence-corrected chi connectivity index (χ4v) is 3.45. The monoisotopic (exact) mass is 224 g/mol.